The van der Waals surface area contributed by atoms with Crippen molar-refractivity contribution in [2.75, 3.05) is 12.0 Å². The summed E-state index contributed by atoms with van der Waals surface area (Å²) in [4.78, 5) is 14.8. The number of methoxy groups -OCH3 is 1. The van der Waals surface area contributed by atoms with Gasteiger partial charge in [0.15, 0.2) is 10.9 Å². The van der Waals surface area contributed by atoms with Crippen LogP contribution in [0.1, 0.15) is 23.6 Å². The lowest BCUT2D eigenvalue weighted by Gasteiger charge is -2.17. The lowest BCUT2D eigenvalue weighted by Crippen LogP contribution is -2.31. The molecule has 0 unspecified atom stereocenters. The number of nitrogens with zero attached hydrogens (tertiary/aromatic N) is 1. The fourth-order valence-electron chi connectivity index (χ4n) is 3.81. The van der Waals surface area contributed by atoms with Gasteiger partial charge in [-0.15, -0.1) is 0 Å². The molecule has 4 rings (SSSR count). The van der Waals surface area contributed by atoms with Crippen molar-refractivity contribution in [3.05, 3.63) is 90.0 Å². The van der Waals surface area contributed by atoms with Crippen LogP contribution < -0.4 is 19.7 Å². The summed E-state index contributed by atoms with van der Waals surface area (Å²) in [6, 6.07) is 13.0. The highest BCUT2D eigenvalue weighted by Crippen LogP contribution is 2.48. The summed E-state index contributed by atoms with van der Waals surface area (Å²) in [6.45, 7) is 2.05. The van der Waals surface area contributed by atoms with Crippen LogP contribution in [0.3, 0.4) is 0 Å². The van der Waals surface area contributed by atoms with E-state index in [9.17, 15) is 4.79 Å². The minimum absolute atomic E-state index is 0.0176. The first-order valence-corrected chi connectivity index (χ1v) is 13.2. The molecule has 0 spiro atoms. The highest BCUT2D eigenvalue weighted by molar-refractivity contribution is 7.80. The van der Waals surface area contributed by atoms with Gasteiger partial charge in [-0.25, -0.2) is 0 Å². The van der Waals surface area contributed by atoms with E-state index in [2.05, 4.69) is 5.32 Å². The summed E-state index contributed by atoms with van der Waals surface area (Å²) in [6.07, 6.45) is 2.48. The molecule has 0 radical (unpaired) electrons. The standard InChI is InChI=1S/C26H19Cl5N2O3S/c1-3-14-6-4-5-7-17(14)33-25(34)16(32-26(33)37)11-13-8-9-18(35-2)15(10-13)12-36-24-22(30)20(28)19(27)21(29)23(24)31/h4-11H,3,12H2,1-2H3,(H,32,37)/b16-11+. The van der Waals surface area contributed by atoms with E-state index in [1.54, 1.807) is 12.1 Å². The Hall–Kier alpha value is -2.19. The molecule has 1 amide bonds. The van der Waals surface area contributed by atoms with Crippen molar-refractivity contribution in [1.29, 1.82) is 0 Å². The van der Waals surface area contributed by atoms with E-state index in [0.29, 0.717) is 27.7 Å². The first-order valence-electron chi connectivity index (χ1n) is 10.9. The second-order valence-corrected chi connectivity index (χ2v) is 10.1. The highest BCUT2D eigenvalue weighted by Gasteiger charge is 2.33. The maximum Gasteiger partial charge on any atom is 0.281 e. The number of para-hydroxylation sites is 1. The molecule has 1 heterocycles. The van der Waals surface area contributed by atoms with Gasteiger partial charge in [0.1, 0.15) is 28.1 Å². The third kappa shape index (κ3) is 5.51. The van der Waals surface area contributed by atoms with Gasteiger partial charge in [-0.1, -0.05) is 89.2 Å². The van der Waals surface area contributed by atoms with Gasteiger partial charge >= 0.3 is 0 Å². The number of rotatable bonds is 7. The third-order valence-electron chi connectivity index (χ3n) is 5.65. The molecule has 1 aliphatic rings. The van der Waals surface area contributed by atoms with Crippen molar-refractivity contribution in [3.63, 3.8) is 0 Å². The third-order valence-corrected chi connectivity index (χ3v) is 8.18. The number of benzene rings is 3. The van der Waals surface area contributed by atoms with Gasteiger partial charge in [0.2, 0.25) is 0 Å². The number of thiocarbonyl (C=S) groups is 1. The first kappa shape index (κ1) is 27.8. The molecule has 0 saturated carbocycles. The molecule has 1 saturated heterocycles. The second kappa shape index (κ2) is 11.7. The van der Waals surface area contributed by atoms with Gasteiger partial charge in [0.05, 0.1) is 27.9 Å². The number of nitrogens with one attached hydrogen (secondary N) is 1. The fraction of sp³-hybridized carbons (Fsp3) is 0.154. The second-order valence-electron chi connectivity index (χ2n) is 7.87. The maximum atomic E-state index is 13.3. The van der Waals surface area contributed by atoms with Crippen molar-refractivity contribution < 1.29 is 14.3 Å². The summed E-state index contributed by atoms with van der Waals surface area (Å²) in [7, 11) is 1.54. The van der Waals surface area contributed by atoms with Crippen molar-refractivity contribution in [1.82, 2.24) is 5.32 Å². The Morgan fingerprint density at radius 3 is 2.24 bits per heavy atom. The van der Waals surface area contributed by atoms with E-state index in [0.717, 1.165) is 17.7 Å². The molecule has 1 fully saturated rings. The zero-order valence-electron chi connectivity index (χ0n) is 19.5. The maximum absolute atomic E-state index is 13.3. The monoisotopic (exact) mass is 614 g/mol. The van der Waals surface area contributed by atoms with E-state index < -0.39 is 0 Å². The molecule has 0 aliphatic carbocycles. The Morgan fingerprint density at radius 2 is 1.59 bits per heavy atom. The molecular weight excluding hydrogens is 598 g/mol. The molecule has 0 aromatic heterocycles. The summed E-state index contributed by atoms with van der Waals surface area (Å²) in [5.74, 6) is 0.403. The van der Waals surface area contributed by atoms with Gasteiger partial charge in [-0.05, 0) is 54.0 Å². The molecule has 0 atom stereocenters. The molecule has 3 aromatic rings. The van der Waals surface area contributed by atoms with Crippen LogP contribution in [0.25, 0.3) is 6.08 Å². The van der Waals surface area contributed by atoms with Crippen LogP contribution in [0.15, 0.2) is 48.2 Å². The summed E-state index contributed by atoms with van der Waals surface area (Å²) >= 11 is 36.4. The SMILES string of the molecule is CCc1ccccc1N1C(=O)/C(=C\c2ccc(OC)c(COc3c(Cl)c(Cl)c(Cl)c(Cl)c3Cl)c2)NC1=S. The van der Waals surface area contributed by atoms with Crippen LogP contribution >= 0.6 is 70.2 Å². The van der Waals surface area contributed by atoms with Crippen molar-refractivity contribution in [2.24, 2.45) is 0 Å². The fourth-order valence-corrected chi connectivity index (χ4v) is 5.33. The lowest BCUT2D eigenvalue weighted by atomic mass is 10.1. The van der Waals surface area contributed by atoms with Gasteiger partial charge in [0, 0.05) is 5.56 Å². The highest BCUT2D eigenvalue weighted by atomic mass is 35.5. The number of carbonyl (C=O) groups excluding carboxylic acids is 1. The van der Waals surface area contributed by atoms with E-state index in [4.69, 9.17) is 79.7 Å². The zero-order valence-corrected chi connectivity index (χ0v) is 24.1. The molecule has 1 N–H and O–H groups in total. The summed E-state index contributed by atoms with van der Waals surface area (Å²) in [5.41, 5.74) is 3.49. The summed E-state index contributed by atoms with van der Waals surface area (Å²) in [5, 5.41) is 3.53. The van der Waals surface area contributed by atoms with Gasteiger partial charge in [-0.3, -0.25) is 9.69 Å². The number of halogens is 5. The van der Waals surface area contributed by atoms with E-state index >= 15 is 0 Å². The topological polar surface area (TPSA) is 50.8 Å². The van der Waals surface area contributed by atoms with Gasteiger partial charge in [-0.2, -0.15) is 0 Å². The Bertz CT molecular complexity index is 1410. The quantitative estimate of drug-likeness (QED) is 0.125. The molecule has 1 aliphatic heterocycles. The van der Waals surface area contributed by atoms with Crippen LogP contribution in [0, 0.1) is 0 Å². The number of ether oxygens (including phenoxy) is 2. The van der Waals surface area contributed by atoms with Gasteiger partial charge in [0.25, 0.3) is 5.91 Å². The molecule has 0 bridgehead atoms. The number of hydrogen-bond acceptors (Lipinski definition) is 4. The van der Waals surface area contributed by atoms with E-state index in [1.807, 2.05) is 43.3 Å². The largest absolute Gasteiger partial charge is 0.496 e. The predicted molar refractivity (Wildman–Crippen MR) is 156 cm³/mol. The molecule has 192 valence electrons. The molecule has 5 nitrogen and oxygen atoms in total. The number of amides is 1. The number of hydrogen-bond donors (Lipinski definition) is 1. The van der Waals surface area contributed by atoms with Crippen LogP contribution in [0.4, 0.5) is 5.69 Å². The Morgan fingerprint density at radius 1 is 0.946 bits per heavy atom. The number of aryl methyl sites for hydroxylation is 1. The lowest BCUT2D eigenvalue weighted by molar-refractivity contribution is -0.113. The minimum Gasteiger partial charge on any atom is -0.496 e. The zero-order chi connectivity index (χ0) is 26.9. The number of carbonyl (C=O) groups is 1. The Balaban J connectivity index is 1.63. The molecular formula is C26H19Cl5N2O3S. The van der Waals surface area contributed by atoms with Crippen molar-refractivity contribution >= 4 is 93.0 Å². The van der Waals surface area contributed by atoms with E-state index in [-0.39, 0.29) is 43.4 Å². The van der Waals surface area contributed by atoms with Gasteiger partial charge < -0.3 is 14.8 Å². The van der Waals surface area contributed by atoms with Crippen LogP contribution in [-0.2, 0) is 17.8 Å². The Labute approximate surface area is 244 Å². The first-order chi connectivity index (χ1) is 17.7. The predicted octanol–water partition coefficient (Wildman–Crippen LogP) is 8.37. The van der Waals surface area contributed by atoms with Crippen LogP contribution in [0.2, 0.25) is 25.1 Å². The smallest absolute Gasteiger partial charge is 0.281 e. The van der Waals surface area contributed by atoms with Crippen molar-refractivity contribution in [3.8, 4) is 11.5 Å². The van der Waals surface area contributed by atoms with Crippen LogP contribution in [0.5, 0.6) is 11.5 Å². The summed E-state index contributed by atoms with van der Waals surface area (Å²) < 4.78 is 11.3. The number of anilines is 1. The van der Waals surface area contributed by atoms with Crippen molar-refractivity contribution in [2.45, 2.75) is 20.0 Å². The molecule has 11 heteroatoms. The average molecular weight is 617 g/mol. The average Bonchev–Trinajstić information content (AvgIpc) is 3.18. The van der Waals surface area contributed by atoms with E-state index in [1.165, 1.54) is 12.0 Å². The Kier molecular flexibility index (Phi) is 8.79. The minimum atomic E-state index is -0.247. The van der Waals surface area contributed by atoms with Crippen LogP contribution in [-0.4, -0.2) is 18.1 Å². The molecule has 37 heavy (non-hydrogen) atoms. The molecule has 3 aromatic carbocycles. The normalized spacial score (nSPS) is 14.4.